The van der Waals surface area contributed by atoms with Crippen LogP contribution in [-0.2, 0) is 6.54 Å². The molecule has 4 rings (SSSR count). The number of carbonyl (C=O) groups excluding carboxylic acids is 1. The molecule has 0 unspecified atom stereocenters. The van der Waals surface area contributed by atoms with Crippen LogP contribution in [0.1, 0.15) is 35.2 Å². The van der Waals surface area contributed by atoms with Gasteiger partial charge in [-0.1, -0.05) is 30.7 Å². The van der Waals surface area contributed by atoms with E-state index in [1.165, 1.54) is 37.9 Å². The summed E-state index contributed by atoms with van der Waals surface area (Å²) in [6, 6.07) is 15.5. The second kappa shape index (κ2) is 8.44. The van der Waals surface area contributed by atoms with E-state index >= 15 is 0 Å². The van der Waals surface area contributed by atoms with Crippen molar-refractivity contribution >= 4 is 5.91 Å². The van der Waals surface area contributed by atoms with Gasteiger partial charge in [0.2, 0.25) is 0 Å². The first-order valence-corrected chi connectivity index (χ1v) is 9.76. The van der Waals surface area contributed by atoms with Crippen LogP contribution in [0.2, 0.25) is 0 Å². The largest absolute Gasteiger partial charge is 0.486 e. The second-order valence-corrected chi connectivity index (χ2v) is 7.24. The number of amides is 1. The molecule has 1 saturated heterocycles. The average Bonchev–Trinajstić information content (AvgIpc) is 2.73. The molecule has 1 fully saturated rings. The molecule has 0 bridgehead atoms. The predicted octanol–water partition coefficient (Wildman–Crippen LogP) is 3.24. The van der Waals surface area contributed by atoms with Crippen LogP contribution in [0.25, 0.3) is 0 Å². The average molecular weight is 366 g/mol. The van der Waals surface area contributed by atoms with Crippen molar-refractivity contribution in [1.82, 2.24) is 10.2 Å². The van der Waals surface area contributed by atoms with Crippen LogP contribution in [0.5, 0.6) is 11.5 Å². The zero-order valence-corrected chi connectivity index (χ0v) is 15.5. The zero-order valence-electron chi connectivity index (χ0n) is 15.5. The van der Waals surface area contributed by atoms with Gasteiger partial charge in [-0.05, 0) is 55.8 Å². The third-order valence-corrected chi connectivity index (χ3v) is 5.13. The summed E-state index contributed by atoms with van der Waals surface area (Å²) in [6.07, 6.45) is 3.74. The number of hydrogen-bond donors (Lipinski definition) is 1. The minimum atomic E-state index is -0.178. The second-order valence-electron chi connectivity index (χ2n) is 7.24. The number of hydrogen-bond acceptors (Lipinski definition) is 4. The maximum absolute atomic E-state index is 12.4. The molecule has 27 heavy (non-hydrogen) atoms. The van der Waals surface area contributed by atoms with E-state index in [1.54, 1.807) is 0 Å². The minimum Gasteiger partial charge on any atom is -0.486 e. The first-order chi connectivity index (χ1) is 13.3. The van der Waals surface area contributed by atoms with E-state index in [0.29, 0.717) is 18.7 Å². The molecule has 0 aliphatic carbocycles. The molecular weight excluding hydrogens is 340 g/mol. The summed E-state index contributed by atoms with van der Waals surface area (Å²) in [5, 5.41) is 2.95. The van der Waals surface area contributed by atoms with Gasteiger partial charge >= 0.3 is 0 Å². The molecule has 2 aliphatic rings. The maximum Gasteiger partial charge on any atom is 0.251 e. The van der Waals surface area contributed by atoms with Crippen LogP contribution in [-0.4, -0.2) is 43.2 Å². The van der Waals surface area contributed by atoms with E-state index in [1.807, 2.05) is 36.4 Å². The molecule has 2 aromatic carbocycles. The Kier molecular flexibility index (Phi) is 5.58. The SMILES string of the molecule is O=C(NC[C@@H]1COc2ccccc2O1)c1ccc(CN2CCCCC2)cc1. The molecule has 5 heteroatoms. The number of nitrogens with one attached hydrogen (secondary N) is 1. The van der Waals surface area contributed by atoms with Gasteiger partial charge in [-0.3, -0.25) is 9.69 Å². The lowest BCUT2D eigenvalue weighted by atomic mass is 10.1. The maximum atomic E-state index is 12.4. The van der Waals surface area contributed by atoms with Crippen molar-refractivity contribution in [2.75, 3.05) is 26.2 Å². The Bertz CT molecular complexity index is 769. The zero-order chi connectivity index (χ0) is 18.5. The van der Waals surface area contributed by atoms with E-state index in [9.17, 15) is 4.79 Å². The highest BCUT2D eigenvalue weighted by atomic mass is 16.6. The van der Waals surface area contributed by atoms with Gasteiger partial charge in [-0.15, -0.1) is 0 Å². The highest BCUT2D eigenvalue weighted by Crippen LogP contribution is 2.30. The van der Waals surface area contributed by atoms with E-state index in [2.05, 4.69) is 22.3 Å². The fraction of sp³-hybridized carbons (Fsp3) is 0.409. The Labute approximate surface area is 160 Å². The number of benzene rings is 2. The minimum absolute atomic E-state index is 0.0815. The third-order valence-electron chi connectivity index (χ3n) is 5.13. The third kappa shape index (κ3) is 4.61. The van der Waals surface area contributed by atoms with Gasteiger partial charge in [0.25, 0.3) is 5.91 Å². The van der Waals surface area contributed by atoms with Gasteiger partial charge in [0.05, 0.1) is 6.54 Å². The van der Waals surface area contributed by atoms with Crippen LogP contribution in [0, 0.1) is 0 Å². The molecule has 1 N–H and O–H groups in total. The van der Waals surface area contributed by atoms with Crippen molar-refractivity contribution in [3.8, 4) is 11.5 Å². The standard InChI is InChI=1S/C22H26N2O3/c25-22(23-14-19-16-26-20-6-2-3-7-21(20)27-19)18-10-8-17(9-11-18)15-24-12-4-1-5-13-24/h2-3,6-11,19H,1,4-5,12-16H2,(H,23,25)/t19-/m1/s1. The monoisotopic (exact) mass is 366 g/mol. The molecule has 1 amide bonds. The van der Waals surface area contributed by atoms with Crippen molar-refractivity contribution in [2.24, 2.45) is 0 Å². The Morgan fingerprint density at radius 3 is 2.52 bits per heavy atom. The number of rotatable bonds is 5. The Balaban J connectivity index is 1.27. The van der Waals surface area contributed by atoms with E-state index in [-0.39, 0.29) is 12.0 Å². The van der Waals surface area contributed by atoms with Gasteiger partial charge in [-0.25, -0.2) is 0 Å². The van der Waals surface area contributed by atoms with Crippen molar-refractivity contribution in [3.05, 3.63) is 59.7 Å². The Hall–Kier alpha value is -2.53. The highest BCUT2D eigenvalue weighted by molar-refractivity contribution is 5.94. The number of carbonyl (C=O) groups is 1. The number of likely N-dealkylation sites (tertiary alicyclic amines) is 1. The molecule has 0 spiro atoms. The van der Waals surface area contributed by atoms with Gasteiger partial charge in [-0.2, -0.15) is 0 Å². The van der Waals surface area contributed by atoms with E-state index < -0.39 is 0 Å². The van der Waals surface area contributed by atoms with Crippen LogP contribution in [0.4, 0.5) is 0 Å². The summed E-state index contributed by atoms with van der Waals surface area (Å²) in [6.45, 7) is 4.17. The van der Waals surface area contributed by atoms with Crippen molar-refractivity contribution in [2.45, 2.75) is 31.9 Å². The van der Waals surface area contributed by atoms with Crippen molar-refractivity contribution in [3.63, 3.8) is 0 Å². The fourth-order valence-electron chi connectivity index (χ4n) is 3.61. The Morgan fingerprint density at radius 2 is 1.74 bits per heavy atom. The quantitative estimate of drug-likeness (QED) is 0.883. The molecule has 2 heterocycles. The summed E-state index contributed by atoms with van der Waals surface area (Å²) >= 11 is 0. The summed E-state index contributed by atoms with van der Waals surface area (Å²) in [5.41, 5.74) is 1.93. The van der Waals surface area contributed by atoms with Crippen LogP contribution in [0.3, 0.4) is 0 Å². The summed E-state index contributed by atoms with van der Waals surface area (Å²) in [5.74, 6) is 1.40. The molecule has 0 aromatic heterocycles. The lowest BCUT2D eigenvalue weighted by Crippen LogP contribution is -2.40. The number of ether oxygens (including phenoxy) is 2. The molecule has 0 radical (unpaired) electrons. The van der Waals surface area contributed by atoms with E-state index in [0.717, 1.165) is 18.0 Å². The van der Waals surface area contributed by atoms with Gasteiger partial charge in [0.15, 0.2) is 11.5 Å². The molecule has 1 atom stereocenters. The molecule has 2 aromatic rings. The van der Waals surface area contributed by atoms with Gasteiger partial charge in [0, 0.05) is 12.1 Å². The normalized spacial score (nSPS) is 19.5. The molecule has 142 valence electrons. The van der Waals surface area contributed by atoms with Crippen LogP contribution in [0.15, 0.2) is 48.5 Å². The highest BCUT2D eigenvalue weighted by Gasteiger charge is 2.21. The Morgan fingerprint density at radius 1 is 1.00 bits per heavy atom. The van der Waals surface area contributed by atoms with Gasteiger partial charge < -0.3 is 14.8 Å². The molecule has 2 aliphatic heterocycles. The molecule has 0 saturated carbocycles. The summed E-state index contributed by atoms with van der Waals surface area (Å²) in [4.78, 5) is 14.9. The molecule has 5 nitrogen and oxygen atoms in total. The van der Waals surface area contributed by atoms with E-state index in [4.69, 9.17) is 9.47 Å². The number of piperidine rings is 1. The van der Waals surface area contributed by atoms with Crippen molar-refractivity contribution in [1.29, 1.82) is 0 Å². The van der Waals surface area contributed by atoms with Gasteiger partial charge in [0.1, 0.15) is 12.7 Å². The summed E-state index contributed by atoms with van der Waals surface area (Å²) < 4.78 is 11.6. The van der Waals surface area contributed by atoms with Crippen LogP contribution < -0.4 is 14.8 Å². The molecular formula is C22H26N2O3. The fourth-order valence-corrected chi connectivity index (χ4v) is 3.61. The first-order valence-electron chi connectivity index (χ1n) is 9.76. The predicted molar refractivity (Wildman–Crippen MR) is 104 cm³/mol. The van der Waals surface area contributed by atoms with Crippen molar-refractivity contribution < 1.29 is 14.3 Å². The lowest BCUT2D eigenvalue weighted by Gasteiger charge is -2.26. The first kappa shape index (κ1) is 17.9. The smallest absolute Gasteiger partial charge is 0.251 e. The number of para-hydroxylation sites is 2. The lowest BCUT2D eigenvalue weighted by molar-refractivity contribution is 0.0789. The number of nitrogens with zero attached hydrogens (tertiary/aromatic N) is 1. The number of fused-ring (bicyclic) bond motifs is 1. The topological polar surface area (TPSA) is 50.8 Å². The summed E-state index contributed by atoms with van der Waals surface area (Å²) in [7, 11) is 0. The van der Waals surface area contributed by atoms with Crippen LogP contribution >= 0.6 is 0 Å².